The van der Waals surface area contributed by atoms with Gasteiger partial charge in [-0.2, -0.15) is 0 Å². The zero-order valence-electron chi connectivity index (χ0n) is 15.8. The molecule has 0 saturated carbocycles. The summed E-state index contributed by atoms with van der Waals surface area (Å²) in [6, 6.07) is 8.47. The van der Waals surface area contributed by atoms with Crippen LogP contribution < -0.4 is 10.6 Å². The first kappa shape index (κ1) is 19.3. The van der Waals surface area contributed by atoms with E-state index in [0.717, 1.165) is 31.4 Å². The van der Waals surface area contributed by atoms with Crippen molar-refractivity contribution >= 4 is 11.9 Å². The van der Waals surface area contributed by atoms with Crippen LogP contribution in [-0.2, 0) is 11.2 Å². The molecule has 1 aromatic rings. The van der Waals surface area contributed by atoms with Gasteiger partial charge in [-0.3, -0.25) is 4.79 Å². The van der Waals surface area contributed by atoms with Gasteiger partial charge in [0, 0.05) is 26.1 Å². The van der Waals surface area contributed by atoms with Gasteiger partial charge >= 0.3 is 6.03 Å². The maximum Gasteiger partial charge on any atom is 0.317 e. The van der Waals surface area contributed by atoms with Gasteiger partial charge < -0.3 is 15.5 Å². The molecule has 3 amide bonds. The zero-order valence-corrected chi connectivity index (χ0v) is 15.8. The summed E-state index contributed by atoms with van der Waals surface area (Å²) in [5, 5.41) is 6.11. The molecule has 1 aromatic carbocycles. The molecule has 1 heterocycles. The number of likely N-dealkylation sites (tertiary alicyclic amines) is 1. The number of rotatable bonds is 5. The second-order valence-corrected chi connectivity index (χ2v) is 7.25. The van der Waals surface area contributed by atoms with E-state index in [1.54, 1.807) is 0 Å². The molecule has 138 valence electrons. The SMILES string of the molecule is CCc1ccc(C(NC(=O)N2CCCC(NC(C)=O)C2)C(C)C)cc1. The molecule has 0 spiro atoms. The highest BCUT2D eigenvalue weighted by Gasteiger charge is 2.26. The van der Waals surface area contributed by atoms with Crippen LogP contribution in [0.25, 0.3) is 0 Å². The number of nitrogens with one attached hydrogen (secondary N) is 2. The van der Waals surface area contributed by atoms with E-state index < -0.39 is 0 Å². The molecule has 2 rings (SSSR count). The van der Waals surface area contributed by atoms with Gasteiger partial charge in [0.05, 0.1) is 6.04 Å². The Labute approximate surface area is 151 Å². The van der Waals surface area contributed by atoms with Gasteiger partial charge in [0.2, 0.25) is 5.91 Å². The predicted octanol–water partition coefficient (Wildman–Crippen LogP) is 3.26. The van der Waals surface area contributed by atoms with Crippen molar-refractivity contribution < 1.29 is 9.59 Å². The van der Waals surface area contributed by atoms with Crippen molar-refractivity contribution in [2.24, 2.45) is 5.92 Å². The molecule has 0 aliphatic carbocycles. The van der Waals surface area contributed by atoms with Crippen LogP contribution in [0.4, 0.5) is 4.79 Å². The number of benzene rings is 1. The predicted molar refractivity (Wildman–Crippen MR) is 100 cm³/mol. The first-order chi connectivity index (χ1) is 11.9. The van der Waals surface area contributed by atoms with Gasteiger partial charge in [-0.1, -0.05) is 45.0 Å². The van der Waals surface area contributed by atoms with Gasteiger partial charge in [-0.05, 0) is 36.3 Å². The average molecular weight is 345 g/mol. The molecule has 1 fully saturated rings. The van der Waals surface area contributed by atoms with Crippen LogP contribution in [0.1, 0.15) is 57.7 Å². The highest BCUT2D eigenvalue weighted by Crippen LogP contribution is 2.23. The van der Waals surface area contributed by atoms with Gasteiger partial charge in [0.1, 0.15) is 0 Å². The van der Waals surface area contributed by atoms with Gasteiger partial charge in [0.25, 0.3) is 0 Å². The lowest BCUT2D eigenvalue weighted by molar-refractivity contribution is -0.119. The molecule has 1 aliphatic heterocycles. The molecule has 5 heteroatoms. The van der Waals surface area contributed by atoms with Gasteiger partial charge in [-0.25, -0.2) is 4.79 Å². The lowest BCUT2D eigenvalue weighted by Gasteiger charge is -2.35. The third-order valence-corrected chi connectivity index (χ3v) is 4.81. The summed E-state index contributed by atoms with van der Waals surface area (Å²) in [4.78, 5) is 25.8. The van der Waals surface area contributed by atoms with Crippen LogP contribution in [-0.4, -0.2) is 36.0 Å². The molecule has 0 radical (unpaired) electrons. The number of urea groups is 1. The minimum Gasteiger partial charge on any atom is -0.352 e. The number of aryl methyl sites for hydroxylation is 1. The first-order valence-corrected chi connectivity index (χ1v) is 9.32. The van der Waals surface area contributed by atoms with Crippen molar-refractivity contribution in [2.75, 3.05) is 13.1 Å². The van der Waals surface area contributed by atoms with Crippen LogP contribution in [0.2, 0.25) is 0 Å². The van der Waals surface area contributed by atoms with E-state index in [1.165, 1.54) is 12.5 Å². The molecule has 5 nitrogen and oxygen atoms in total. The van der Waals surface area contributed by atoms with E-state index >= 15 is 0 Å². The molecule has 2 unspecified atom stereocenters. The Hall–Kier alpha value is -2.04. The van der Waals surface area contributed by atoms with E-state index in [4.69, 9.17) is 0 Å². The first-order valence-electron chi connectivity index (χ1n) is 9.32. The molecule has 1 aliphatic rings. The fourth-order valence-corrected chi connectivity index (χ4v) is 3.39. The molecule has 0 bridgehead atoms. The molecular formula is C20H31N3O2. The van der Waals surface area contributed by atoms with Crippen LogP contribution in [0.5, 0.6) is 0 Å². The summed E-state index contributed by atoms with van der Waals surface area (Å²) in [5.74, 6) is 0.260. The number of hydrogen-bond acceptors (Lipinski definition) is 2. The molecule has 2 atom stereocenters. The van der Waals surface area contributed by atoms with Crippen LogP contribution in [0, 0.1) is 5.92 Å². The lowest BCUT2D eigenvalue weighted by Crippen LogP contribution is -2.52. The number of piperidine rings is 1. The molecule has 0 aromatic heterocycles. The van der Waals surface area contributed by atoms with Crippen molar-refractivity contribution in [3.63, 3.8) is 0 Å². The Bertz CT molecular complexity index is 583. The van der Waals surface area contributed by atoms with Crippen molar-refractivity contribution in [2.45, 2.75) is 59.0 Å². The van der Waals surface area contributed by atoms with Crippen LogP contribution >= 0.6 is 0 Å². The summed E-state index contributed by atoms with van der Waals surface area (Å²) < 4.78 is 0. The molecule has 1 saturated heterocycles. The molecular weight excluding hydrogens is 314 g/mol. The number of hydrogen-bond donors (Lipinski definition) is 2. The third kappa shape index (κ3) is 5.48. The minimum atomic E-state index is -0.0479. The van der Waals surface area contributed by atoms with Crippen molar-refractivity contribution in [1.82, 2.24) is 15.5 Å². The highest BCUT2D eigenvalue weighted by atomic mass is 16.2. The van der Waals surface area contributed by atoms with Gasteiger partial charge in [0.15, 0.2) is 0 Å². The standard InChI is InChI=1S/C20H31N3O2/c1-5-16-8-10-17(11-9-16)19(14(2)3)22-20(25)23-12-6-7-18(13-23)21-15(4)24/h8-11,14,18-19H,5-7,12-13H2,1-4H3,(H,21,24)(H,22,25). The lowest BCUT2D eigenvalue weighted by atomic mass is 9.95. The van der Waals surface area contributed by atoms with Crippen molar-refractivity contribution in [3.8, 4) is 0 Å². The normalized spacial score (nSPS) is 18.8. The Morgan fingerprint density at radius 1 is 1.24 bits per heavy atom. The smallest absolute Gasteiger partial charge is 0.317 e. The fourth-order valence-electron chi connectivity index (χ4n) is 3.39. The Balaban J connectivity index is 2.02. The van der Waals surface area contributed by atoms with Crippen molar-refractivity contribution in [3.05, 3.63) is 35.4 Å². The summed E-state index contributed by atoms with van der Waals surface area (Å²) in [7, 11) is 0. The summed E-state index contributed by atoms with van der Waals surface area (Å²) in [5.41, 5.74) is 2.43. The van der Waals surface area contributed by atoms with Crippen LogP contribution in [0.3, 0.4) is 0 Å². The number of carbonyl (C=O) groups is 2. The minimum absolute atomic E-state index is 0.0143. The maximum atomic E-state index is 12.7. The van der Waals surface area contributed by atoms with E-state index in [1.807, 2.05) is 4.90 Å². The summed E-state index contributed by atoms with van der Waals surface area (Å²) in [6.45, 7) is 9.21. The summed E-state index contributed by atoms with van der Waals surface area (Å²) >= 11 is 0. The van der Waals surface area contributed by atoms with E-state index in [0.29, 0.717) is 12.5 Å². The number of carbonyl (C=O) groups excluding carboxylic acids is 2. The second kappa shape index (κ2) is 8.88. The Morgan fingerprint density at radius 2 is 1.92 bits per heavy atom. The average Bonchev–Trinajstić information content (AvgIpc) is 2.59. The number of nitrogens with zero attached hydrogens (tertiary/aromatic N) is 1. The summed E-state index contributed by atoms with van der Waals surface area (Å²) in [6.07, 6.45) is 2.85. The van der Waals surface area contributed by atoms with E-state index in [2.05, 4.69) is 55.7 Å². The van der Waals surface area contributed by atoms with Crippen LogP contribution in [0.15, 0.2) is 24.3 Å². The van der Waals surface area contributed by atoms with Gasteiger partial charge in [-0.15, -0.1) is 0 Å². The Kier molecular flexibility index (Phi) is 6.85. The monoisotopic (exact) mass is 345 g/mol. The third-order valence-electron chi connectivity index (χ3n) is 4.81. The largest absolute Gasteiger partial charge is 0.352 e. The number of amides is 3. The van der Waals surface area contributed by atoms with E-state index in [-0.39, 0.29) is 24.0 Å². The molecule has 25 heavy (non-hydrogen) atoms. The highest BCUT2D eigenvalue weighted by molar-refractivity contribution is 5.76. The quantitative estimate of drug-likeness (QED) is 0.860. The van der Waals surface area contributed by atoms with E-state index in [9.17, 15) is 9.59 Å². The Morgan fingerprint density at radius 3 is 2.48 bits per heavy atom. The second-order valence-electron chi connectivity index (χ2n) is 7.25. The fraction of sp³-hybridized carbons (Fsp3) is 0.600. The maximum absolute atomic E-state index is 12.7. The molecule has 2 N–H and O–H groups in total. The topological polar surface area (TPSA) is 61.4 Å². The van der Waals surface area contributed by atoms with Crippen molar-refractivity contribution in [1.29, 1.82) is 0 Å². The zero-order chi connectivity index (χ0) is 18.4.